The van der Waals surface area contributed by atoms with Gasteiger partial charge in [0, 0.05) is 0 Å². The van der Waals surface area contributed by atoms with E-state index in [1.54, 1.807) is 0 Å². The highest BCUT2D eigenvalue weighted by Crippen LogP contribution is 2.06. The molecule has 3 nitrogen and oxygen atoms in total. The first-order valence-corrected chi connectivity index (χ1v) is 7.48. The number of hydrogen-bond acceptors (Lipinski definition) is 3. The lowest BCUT2D eigenvalue weighted by molar-refractivity contribution is -0.146. The van der Waals surface area contributed by atoms with Crippen molar-refractivity contribution in [1.82, 2.24) is 0 Å². The second-order valence-electron chi connectivity index (χ2n) is 4.80. The van der Waals surface area contributed by atoms with Gasteiger partial charge in [0.25, 0.3) is 0 Å². The van der Waals surface area contributed by atoms with E-state index in [1.807, 2.05) is 13.8 Å². The Morgan fingerprint density at radius 3 is 2.47 bits per heavy atom. The van der Waals surface area contributed by atoms with E-state index in [1.165, 1.54) is 0 Å². The average molecular weight is 268 g/mol. The third-order valence-corrected chi connectivity index (χ3v) is 2.87. The number of rotatable bonds is 9. The van der Waals surface area contributed by atoms with Gasteiger partial charge in [0.05, 0.1) is 6.61 Å². The van der Waals surface area contributed by atoms with Crippen LogP contribution in [0.4, 0.5) is 0 Å². The highest BCUT2D eigenvalue weighted by Gasteiger charge is 2.15. The van der Waals surface area contributed by atoms with E-state index in [2.05, 4.69) is 25.9 Å². The predicted octanol–water partition coefficient (Wildman–Crippen LogP) is 3.91. The number of carbonyl (C=O) groups is 1. The summed E-state index contributed by atoms with van der Waals surface area (Å²) in [7, 11) is 0. The second-order valence-corrected chi connectivity index (χ2v) is 4.80. The maximum Gasteiger partial charge on any atom is 0.321 e. The lowest BCUT2D eigenvalue weighted by atomic mass is 10.1. The Bertz CT molecular complexity index is 288. The number of hydrogen-bond donors (Lipinski definition) is 0. The van der Waals surface area contributed by atoms with Crippen LogP contribution in [0.15, 0.2) is 0 Å². The molecule has 0 amide bonds. The molecule has 0 saturated heterocycles. The molecule has 19 heavy (non-hydrogen) atoms. The number of carbonyl (C=O) groups excluding carboxylic acids is 1. The largest absolute Gasteiger partial charge is 0.465 e. The number of ether oxygens (including phenoxy) is 2. The zero-order valence-electron chi connectivity index (χ0n) is 12.8. The van der Waals surface area contributed by atoms with Crippen LogP contribution in [0.2, 0.25) is 0 Å². The summed E-state index contributed by atoms with van der Waals surface area (Å²) in [5.74, 6) is 2.26. The van der Waals surface area contributed by atoms with Crippen molar-refractivity contribution in [2.75, 3.05) is 6.61 Å². The minimum Gasteiger partial charge on any atom is -0.465 e. The maximum absolute atomic E-state index is 11.8. The quantitative estimate of drug-likeness (QED) is 0.361. The molecule has 0 bridgehead atoms. The first-order valence-electron chi connectivity index (χ1n) is 7.48. The van der Waals surface area contributed by atoms with Crippen molar-refractivity contribution >= 4 is 5.97 Å². The smallest absolute Gasteiger partial charge is 0.321 e. The summed E-state index contributed by atoms with van der Waals surface area (Å²) in [5, 5.41) is 0. The molecule has 0 rings (SSSR count). The van der Waals surface area contributed by atoms with Crippen LogP contribution in [0, 0.1) is 17.9 Å². The van der Waals surface area contributed by atoms with Crippen LogP contribution in [-0.2, 0) is 14.3 Å². The van der Waals surface area contributed by atoms with E-state index in [0.29, 0.717) is 13.0 Å². The fourth-order valence-corrected chi connectivity index (χ4v) is 1.62. The van der Waals surface area contributed by atoms with Gasteiger partial charge in [-0.05, 0) is 32.1 Å². The predicted molar refractivity (Wildman–Crippen MR) is 77.5 cm³/mol. The van der Waals surface area contributed by atoms with Crippen LogP contribution in [0.25, 0.3) is 0 Å². The highest BCUT2D eigenvalue weighted by molar-refractivity contribution is 5.75. The Morgan fingerprint density at radius 2 is 1.89 bits per heavy atom. The molecule has 0 heterocycles. The molecule has 0 aromatic heterocycles. The molecule has 0 fully saturated rings. The summed E-state index contributed by atoms with van der Waals surface area (Å²) < 4.78 is 10.5. The molecule has 0 aliphatic heterocycles. The van der Waals surface area contributed by atoms with Gasteiger partial charge in [0.15, 0.2) is 0 Å². The monoisotopic (exact) mass is 268 g/mol. The van der Waals surface area contributed by atoms with Gasteiger partial charge < -0.3 is 9.47 Å². The molecule has 3 heteroatoms. The Labute approximate surface area is 118 Å². The SMILES string of the molecule is CCCCCOC(=O)C(C#COC(C)CCC)CC. The maximum atomic E-state index is 11.8. The van der Waals surface area contributed by atoms with E-state index in [9.17, 15) is 4.79 Å². The molecule has 0 aromatic carbocycles. The molecule has 0 radical (unpaired) electrons. The van der Waals surface area contributed by atoms with Gasteiger partial charge in [-0.2, -0.15) is 0 Å². The highest BCUT2D eigenvalue weighted by atomic mass is 16.5. The standard InChI is InChI=1S/C16H28O3/c1-5-8-9-12-19-16(17)15(7-3)11-13-18-14(4)10-6-2/h14-15H,5-10,12H2,1-4H3. The lowest BCUT2D eigenvalue weighted by Gasteiger charge is -2.09. The van der Waals surface area contributed by atoms with Gasteiger partial charge >= 0.3 is 5.97 Å². The molecule has 0 aliphatic carbocycles. The zero-order valence-corrected chi connectivity index (χ0v) is 12.8. The van der Waals surface area contributed by atoms with Gasteiger partial charge in [-0.15, -0.1) is 0 Å². The first kappa shape index (κ1) is 17.8. The molecule has 0 aromatic rings. The van der Waals surface area contributed by atoms with E-state index >= 15 is 0 Å². The molecule has 110 valence electrons. The van der Waals surface area contributed by atoms with Gasteiger partial charge in [-0.3, -0.25) is 4.79 Å². The molecule has 0 saturated carbocycles. The molecular formula is C16H28O3. The van der Waals surface area contributed by atoms with Crippen LogP contribution >= 0.6 is 0 Å². The molecule has 0 aliphatic rings. The molecule has 2 unspecified atom stereocenters. The summed E-state index contributed by atoms with van der Waals surface area (Å²) in [6.07, 6.45) is 8.62. The molecule has 2 atom stereocenters. The fourth-order valence-electron chi connectivity index (χ4n) is 1.62. The fraction of sp³-hybridized carbons (Fsp3) is 0.812. The zero-order chi connectivity index (χ0) is 14.5. The van der Waals surface area contributed by atoms with Crippen molar-refractivity contribution in [3.63, 3.8) is 0 Å². The summed E-state index contributed by atoms with van der Waals surface area (Å²) >= 11 is 0. The molecule has 0 N–H and O–H groups in total. The summed E-state index contributed by atoms with van der Waals surface area (Å²) in [6, 6.07) is 0. The first-order chi connectivity index (χ1) is 9.15. The Kier molecular flexibility index (Phi) is 11.2. The van der Waals surface area contributed by atoms with Crippen molar-refractivity contribution in [2.45, 2.75) is 72.3 Å². The second kappa shape index (κ2) is 11.9. The van der Waals surface area contributed by atoms with E-state index in [0.717, 1.165) is 32.1 Å². The average Bonchev–Trinajstić information content (AvgIpc) is 2.40. The van der Waals surface area contributed by atoms with Gasteiger partial charge in [-0.1, -0.05) is 40.0 Å². The van der Waals surface area contributed by atoms with Crippen molar-refractivity contribution in [3.05, 3.63) is 0 Å². The Hall–Kier alpha value is -1.17. The molecule has 0 spiro atoms. The van der Waals surface area contributed by atoms with Crippen LogP contribution in [0.1, 0.15) is 66.2 Å². The number of unbranched alkanes of at least 4 members (excludes halogenated alkanes) is 2. The minimum atomic E-state index is -0.365. The van der Waals surface area contributed by atoms with Gasteiger partial charge in [0.1, 0.15) is 18.1 Å². The third kappa shape index (κ3) is 9.41. The lowest BCUT2D eigenvalue weighted by Crippen LogP contribution is -2.16. The van der Waals surface area contributed by atoms with Crippen LogP contribution in [-0.4, -0.2) is 18.7 Å². The summed E-state index contributed by atoms with van der Waals surface area (Å²) in [4.78, 5) is 11.8. The normalized spacial score (nSPS) is 13.1. The summed E-state index contributed by atoms with van der Waals surface area (Å²) in [6.45, 7) is 8.65. The molecular weight excluding hydrogens is 240 g/mol. The van der Waals surface area contributed by atoms with E-state index in [-0.39, 0.29) is 18.0 Å². The van der Waals surface area contributed by atoms with Crippen LogP contribution < -0.4 is 0 Å². The Balaban J connectivity index is 4.04. The number of esters is 1. The van der Waals surface area contributed by atoms with Crippen LogP contribution in [0.3, 0.4) is 0 Å². The topological polar surface area (TPSA) is 35.5 Å². The Morgan fingerprint density at radius 1 is 1.16 bits per heavy atom. The van der Waals surface area contributed by atoms with Crippen LogP contribution in [0.5, 0.6) is 0 Å². The van der Waals surface area contributed by atoms with Crippen molar-refractivity contribution < 1.29 is 14.3 Å². The van der Waals surface area contributed by atoms with Crippen molar-refractivity contribution in [1.29, 1.82) is 0 Å². The minimum absolute atomic E-state index is 0.121. The van der Waals surface area contributed by atoms with E-state index < -0.39 is 0 Å². The third-order valence-electron chi connectivity index (χ3n) is 2.87. The van der Waals surface area contributed by atoms with Crippen molar-refractivity contribution in [2.24, 2.45) is 5.92 Å². The summed E-state index contributed by atoms with van der Waals surface area (Å²) in [5.41, 5.74) is 0. The van der Waals surface area contributed by atoms with Gasteiger partial charge in [-0.25, -0.2) is 0 Å². The van der Waals surface area contributed by atoms with Crippen molar-refractivity contribution in [3.8, 4) is 12.0 Å². The van der Waals surface area contributed by atoms with E-state index in [4.69, 9.17) is 9.47 Å². The van der Waals surface area contributed by atoms with Gasteiger partial charge in [0.2, 0.25) is 0 Å².